The van der Waals surface area contributed by atoms with E-state index in [1.165, 1.54) is 19.3 Å². The average Bonchev–Trinajstić information content (AvgIpc) is 2.73. The highest BCUT2D eigenvalue weighted by molar-refractivity contribution is 5.41. The molecule has 1 saturated heterocycles. The van der Waals surface area contributed by atoms with E-state index in [-0.39, 0.29) is 0 Å². The van der Waals surface area contributed by atoms with E-state index in [4.69, 9.17) is 5.73 Å². The summed E-state index contributed by atoms with van der Waals surface area (Å²) in [4.78, 5) is 11.3. The van der Waals surface area contributed by atoms with Crippen LogP contribution in [-0.4, -0.2) is 29.1 Å². The number of aromatic nitrogens is 2. The van der Waals surface area contributed by atoms with Gasteiger partial charge in [0.05, 0.1) is 0 Å². The molecule has 3 atom stereocenters. The van der Waals surface area contributed by atoms with Crippen molar-refractivity contribution < 1.29 is 0 Å². The van der Waals surface area contributed by atoms with Gasteiger partial charge in [0.1, 0.15) is 11.6 Å². The molecule has 1 aromatic rings. The van der Waals surface area contributed by atoms with E-state index in [0.29, 0.717) is 12.0 Å². The van der Waals surface area contributed by atoms with Crippen LogP contribution in [0.3, 0.4) is 0 Å². The predicted octanol–water partition coefficient (Wildman–Crippen LogP) is 1.66. The summed E-state index contributed by atoms with van der Waals surface area (Å²) in [6.45, 7) is 6.19. The number of nitrogens with zero attached hydrogens (tertiary/aromatic N) is 3. The Hall–Kier alpha value is -1.16. The van der Waals surface area contributed by atoms with Gasteiger partial charge in [0.15, 0.2) is 0 Å². The van der Waals surface area contributed by atoms with Crippen LogP contribution in [0.4, 0.5) is 5.82 Å². The van der Waals surface area contributed by atoms with Crippen molar-refractivity contribution in [2.24, 2.45) is 17.6 Å². The molecule has 1 saturated carbocycles. The summed E-state index contributed by atoms with van der Waals surface area (Å²) in [5, 5.41) is 0. The van der Waals surface area contributed by atoms with Gasteiger partial charge in [-0.05, 0) is 38.5 Å². The second kappa shape index (κ2) is 4.50. The third-order valence-corrected chi connectivity index (χ3v) is 4.43. The highest BCUT2D eigenvalue weighted by Gasteiger charge is 2.39. The number of hydrogen-bond acceptors (Lipinski definition) is 4. The lowest BCUT2D eigenvalue weighted by Crippen LogP contribution is -2.38. The Bertz CT molecular complexity index is 425. The van der Waals surface area contributed by atoms with Gasteiger partial charge in [0.2, 0.25) is 0 Å². The largest absolute Gasteiger partial charge is 0.356 e. The molecule has 0 spiro atoms. The molecule has 2 N–H and O–H groups in total. The van der Waals surface area contributed by atoms with Gasteiger partial charge in [-0.25, -0.2) is 9.97 Å². The van der Waals surface area contributed by atoms with Crippen LogP contribution >= 0.6 is 0 Å². The van der Waals surface area contributed by atoms with E-state index < -0.39 is 0 Å². The Balaban J connectivity index is 1.82. The molecule has 0 radical (unpaired) electrons. The van der Waals surface area contributed by atoms with Gasteiger partial charge >= 0.3 is 0 Å². The molecule has 4 heteroatoms. The summed E-state index contributed by atoms with van der Waals surface area (Å²) in [6, 6.07) is 2.48. The van der Waals surface area contributed by atoms with Crippen LogP contribution in [0.25, 0.3) is 0 Å². The molecule has 1 aliphatic heterocycles. The van der Waals surface area contributed by atoms with Crippen molar-refractivity contribution in [2.75, 3.05) is 18.0 Å². The second-order valence-electron chi connectivity index (χ2n) is 5.84. The van der Waals surface area contributed by atoms with Crippen LogP contribution in [0, 0.1) is 25.7 Å². The quantitative estimate of drug-likeness (QED) is 0.818. The van der Waals surface area contributed by atoms with Crippen molar-refractivity contribution in [3.63, 3.8) is 0 Å². The van der Waals surface area contributed by atoms with Gasteiger partial charge < -0.3 is 10.6 Å². The van der Waals surface area contributed by atoms with Crippen LogP contribution in [0.5, 0.6) is 0 Å². The first-order valence-corrected chi connectivity index (χ1v) is 6.96. The zero-order valence-corrected chi connectivity index (χ0v) is 11.3. The number of hydrogen-bond donors (Lipinski definition) is 1. The fourth-order valence-electron chi connectivity index (χ4n) is 3.56. The van der Waals surface area contributed by atoms with E-state index in [2.05, 4.69) is 20.9 Å². The molecule has 1 aliphatic carbocycles. The molecule has 0 aromatic carbocycles. The van der Waals surface area contributed by atoms with E-state index in [1.54, 1.807) is 0 Å². The first-order chi connectivity index (χ1) is 8.63. The van der Waals surface area contributed by atoms with Gasteiger partial charge in [-0.3, -0.25) is 0 Å². The third-order valence-electron chi connectivity index (χ3n) is 4.43. The van der Waals surface area contributed by atoms with Crippen molar-refractivity contribution in [2.45, 2.75) is 39.2 Å². The van der Waals surface area contributed by atoms with Crippen molar-refractivity contribution in [1.29, 1.82) is 0 Å². The average molecular weight is 246 g/mol. The summed E-state index contributed by atoms with van der Waals surface area (Å²) in [7, 11) is 0. The van der Waals surface area contributed by atoms with E-state index >= 15 is 0 Å². The topological polar surface area (TPSA) is 55.0 Å². The molecule has 2 aliphatic rings. The molecule has 1 aromatic heterocycles. The molecule has 18 heavy (non-hydrogen) atoms. The normalized spacial score (nSPS) is 31.5. The van der Waals surface area contributed by atoms with Crippen LogP contribution < -0.4 is 10.6 Å². The lowest BCUT2D eigenvalue weighted by Gasteiger charge is -2.29. The maximum Gasteiger partial charge on any atom is 0.132 e. The summed E-state index contributed by atoms with van der Waals surface area (Å²) < 4.78 is 0. The van der Waals surface area contributed by atoms with Gasteiger partial charge in [-0.2, -0.15) is 0 Å². The Morgan fingerprint density at radius 2 is 2.06 bits per heavy atom. The molecule has 3 rings (SSSR count). The van der Waals surface area contributed by atoms with Crippen LogP contribution in [0.1, 0.15) is 30.8 Å². The number of fused-ring (bicyclic) bond motifs is 1. The molecule has 0 amide bonds. The summed E-state index contributed by atoms with van der Waals surface area (Å²) >= 11 is 0. The molecule has 0 bridgehead atoms. The predicted molar refractivity (Wildman–Crippen MR) is 72.5 cm³/mol. The van der Waals surface area contributed by atoms with Gasteiger partial charge in [0.25, 0.3) is 0 Å². The SMILES string of the molecule is Cc1cc(N2CC3CCCC(N)C3C2)nc(C)n1. The highest BCUT2D eigenvalue weighted by atomic mass is 15.2. The fourth-order valence-corrected chi connectivity index (χ4v) is 3.56. The first kappa shape index (κ1) is 11.9. The fraction of sp³-hybridized carbons (Fsp3) is 0.714. The van der Waals surface area contributed by atoms with Gasteiger partial charge in [0, 0.05) is 30.9 Å². The molecule has 4 nitrogen and oxygen atoms in total. The second-order valence-corrected chi connectivity index (χ2v) is 5.84. The molecule has 98 valence electrons. The molecule has 2 fully saturated rings. The number of aryl methyl sites for hydroxylation is 2. The minimum atomic E-state index is 0.387. The standard InChI is InChI=1S/C14H22N4/c1-9-6-14(17-10(2)16-9)18-7-11-4-3-5-13(15)12(11)8-18/h6,11-13H,3-5,7-8,15H2,1-2H3. The first-order valence-electron chi connectivity index (χ1n) is 6.96. The monoisotopic (exact) mass is 246 g/mol. The Labute approximate surface area is 109 Å². The van der Waals surface area contributed by atoms with E-state index in [0.717, 1.165) is 36.3 Å². The summed E-state index contributed by atoms with van der Waals surface area (Å²) in [5.74, 6) is 3.38. The molecular formula is C14H22N4. The highest BCUT2D eigenvalue weighted by Crippen LogP contribution is 2.37. The van der Waals surface area contributed by atoms with Gasteiger partial charge in [-0.1, -0.05) is 6.42 Å². The minimum Gasteiger partial charge on any atom is -0.356 e. The molecule has 3 unspecified atom stereocenters. The Morgan fingerprint density at radius 3 is 2.78 bits per heavy atom. The van der Waals surface area contributed by atoms with Gasteiger partial charge in [-0.15, -0.1) is 0 Å². The van der Waals surface area contributed by atoms with Crippen LogP contribution in [0.2, 0.25) is 0 Å². The Morgan fingerprint density at radius 1 is 1.22 bits per heavy atom. The zero-order chi connectivity index (χ0) is 12.7. The van der Waals surface area contributed by atoms with Crippen molar-refractivity contribution >= 4 is 5.82 Å². The summed E-state index contributed by atoms with van der Waals surface area (Å²) in [5.41, 5.74) is 7.31. The van der Waals surface area contributed by atoms with Crippen molar-refractivity contribution in [1.82, 2.24) is 9.97 Å². The molecule has 2 heterocycles. The van der Waals surface area contributed by atoms with Crippen LogP contribution in [0.15, 0.2) is 6.07 Å². The smallest absolute Gasteiger partial charge is 0.132 e. The summed E-state index contributed by atoms with van der Waals surface area (Å²) in [6.07, 6.45) is 3.81. The van der Waals surface area contributed by atoms with Crippen molar-refractivity contribution in [3.8, 4) is 0 Å². The molecular weight excluding hydrogens is 224 g/mol. The number of nitrogens with two attached hydrogens (primary N) is 1. The minimum absolute atomic E-state index is 0.387. The maximum atomic E-state index is 6.26. The zero-order valence-electron chi connectivity index (χ0n) is 11.3. The Kier molecular flexibility index (Phi) is 2.98. The van der Waals surface area contributed by atoms with Crippen molar-refractivity contribution in [3.05, 3.63) is 17.6 Å². The number of rotatable bonds is 1. The van der Waals surface area contributed by atoms with E-state index in [1.807, 2.05) is 13.8 Å². The van der Waals surface area contributed by atoms with Crippen LogP contribution in [-0.2, 0) is 0 Å². The van der Waals surface area contributed by atoms with E-state index in [9.17, 15) is 0 Å². The lowest BCUT2D eigenvalue weighted by atomic mass is 9.78. The third kappa shape index (κ3) is 2.09. The number of anilines is 1. The maximum absolute atomic E-state index is 6.26. The lowest BCUT2D eigenvalue weighted by molar-refractivity contribution is 0.260.